The van der Waals surface area contributed by atoms with Crippen LogP contribution in [-0.4, -0.2) is 21.0 Å². The number of Topliss-reactive ketones (excluding diaryl/α,β-unsaturated/α-hetero) is 1. The van der Waals surface area contributed by atoms with Crippen LogP contribution in [0.15, 0.2) is 27.7 Å². The summed E-state index contributed by atoms with van der Waals surface area (Å²) in [6, 6.07) is 3.47. The molecule has 0 N–H and O–H groups in total. The Morgan fingerprint density at radius 3 is 2.88 bits per heavy atom. The summed E-state index contributed by atoms with van der Waals surface area (Å²) in [6.07, 6.45) is 1.63. The lowest BCUT2D eigenvalue weighted by Crippen LogP contribution is -1.92. The second-order valence-corrected chi connectivity index (χ2v) is 5.58. The van der Waals surface area contributed by atoms with E-state index in [9.17, 15) is 4.79 Å². The lowest BCUT2D eigenvalue weighted by Gasteiger charge is -1.98. The Bertz CT molecular complexity index is 524. The number of carbonyl (C=O) groups is 1. The maximum Gasteiger partial charge on any atom is 0.180 e. The van der Waals surface area contributed by atoms with E-state index in [0.29, 0.717) is 5.56 Å². The van der Waals surface area contributed by atoms with E-state index in [4.69, 9.17) is 0 Å². The number of carbonyl (C=O) groups excluding carboxylic acids is 1. The van der Waals surface area contributed by atoms with Gasteiger partial charge in [0.05, 0.1) is 0 Å². The van der Waals surface area contributed by atoms with E-state index in [1.165, 1.54) is 23.1 Å². The van der Waals surface area contributed by atoms with Crippen molar-refractivity contribution in [1.29, 1.82) is 0 Å². The summed E-state index contributed by atoms with van der Waals surface area (Å²) in [5.74, 6) is 0.0395. The van der Waals surface area contributed by atoms with Gasteiger partial charge in [-0.15, -0.1) is 10.2 Å². The van der Waals surface area contributed by atoms with Crippen molar-refractivity contribution in [1.82, 2.24) is 15.2 Å². The first-order valence-electron chi connectivity index (χ1n) is 4.60. The number of aryl methyl sites for hydroxylation is 1. The molecular weight excluding hydrogens is 242 g/mol. The van der Waals surface area contributed by atoms with Crippen LogP contribution in [0.3, 0.4) is 0 Å². The Morgan fingerprint density at radius 2 is 2.25 bits per heavy atom. The zero-order valence-electron chi connectivity index (χ0n) is 8.80. The number of hydrogen-bond donors (Lipinski definition) is 0. The minimum absolute atomic E-state index is 0.0395. The first-order chi connectivity index (χ1) is 7.65. The second-order valence-electron chi connectivity index (χ2n) is 3.13. The molecule has 2 aromatic rings. The summed E-state index contributed by atoms with van der Waals surface area (Å²) in [7, 11) is 0. The van der Waals surface area contributed by atoms with Gasteiger partial charge >= 0.3 is 0 Å². The normalized spacial score (nSPS) is 10.4. The molecule has 0 radical (unpaired) electrons. The Labute approximate surface area is 101 Å². The minimum atomic E-state index is 0.0395. The third kappa shape index (κ3) is 2.65. The second kappa shape index (κ2) is 4.71. The van der Waals surface area contributed by atoms with Crippen LogP contribution < -0.4 is 0 Å². The molecule has 4 nitrogen and oxygen atoms in total. The summed E-state index contributed by atoms with van der Waals surface area (Å²) in [5, 5.41) is 9.60. The highest BCUT2D eigenvalue weighted by Crippen LogP contribution is 2.28. The summed E-state index contributed by atoms with van der Waals surface area (Å²) in [6.45, 7) is 3.44. The van der Waals surface area contributed by atoms with Crippen LogP contribution in [0.1, 0.15) is 22.3 Å². The van der Waals surface area contributed by atoms with E-state index in [-0.39, 0.29) is 5.78 Å². The van der Waals surface area contributed by atoms with E-state index < -0.39 is 0 Å². The molecule has 0 unspecified atom stereocenters. The topological polar surface area (TPSA) is 55.7 Å². The van der Waals surface area contributed by atoms with Crippen molar-refractivity contribution in [2.24, 2.45) is 0 Å². The molecule has 2 aromatic heterocycles. The van der Waals surface area contributed by atoms with Crippen molar-refractivity contribution in [3.05, 3.63) is 28.9 Å². The summed E-state index contributed by atoms with van der Waals surface area (Å²) < 4.78 is 0.839. The summed E-state index contributed by atoms with van der Waals surface area (Å²) in [5.41, 5.74) is 0.665. The number of pyridine rings is 1. The highest BCUT2D eigenvalue weighted by molar-refractivity contribution is 8.01. The molecule has 2 heterocycles. The van der Waals surface area contributed by atoms with Gasteiger partial charge in [-0.05, 0) is 37.7 Å². The van der Waals surface area contributed by atoms with Gasteiger partial charge in [0.2, 0.25) is 0 Å². The van der Waals surface area contributed by atoms with E-state index in [1.807, 2.05) is 6.92 Å². The van der Waals surface area contributed by atoms with Gasteiger partial charge in [0.25, 0.3) is 0 Å². The van der Waals surface area contributed by atoms with Crippen LogP contribution >= 0.6 is 23.1 Å². The molecule has 0 atom stereocenters. The zero-order chi connectivity index (χ0) is 11.5. The molecule has 2 rings (SSSR count). The Morgan fingerprint density at radius 1 is 1.44 bits per heavy atom. The van der Waals surface area contributed by atoms with Crippen molar-refractivity contribution >= 4 is 28.9 Å². The Balaban J connectivity index is 2.21. The molecule has 0 saturated heterocycles. The molecule has 0 saturated carbocycles. The molecule has 0 bridgehead atoms. The Hall–Kier alpha value is -1.27. The van der Waals surface area contributed by atoms with Gasteiger partial charge in [-0.3, -0.25) is 4.79 Å². The smallest absolute Gasteiger partial charge is 0.180 e. The van der Waals surface area contributed by atoms with Crippen molar-refractivity contribution in [3.63, 3.8) is 0 Å². The molecule has 0 aliphatic carbocycles. The van der Waals surface area contributed by atoms with Crippen molar-refractivity contribution in [2.45, 2.75) is 23.2 Å². The maximum atomic E-state index is 11.2. The number of hydrogen-bond acceptors (Lipinski definition) is 6. The SMILES string of the molecule is CC(=O)c1ccnc(Sc2nnc(C)s2)c1. The lowest BCUT2D eigenvalue weighted by molar-refractivity contribution is 0.101. The van der Waals surface area contributed by atoms with Gasteiger partial charge in [0.1, 0.15) is 10.0 Å². The van der Waals surface area contributed by atoms with Gasteiger partial charge in [-0.25, -0.2) is 4.98 Å². The van der Waals surface area contributed by atoms with Crippen LogP contribution in [0.2, 0.25) is 0 Å². The first-order valence-corrected chi connectivity index (χ1v) is 6.23. The molecule has 0 aromatic carbocycles. The van der Waals surface area contributed by atoms with Gasteiger partial charge in [-0.2, -0.15) is 0 Å². The molecule has 82 valence electrons. The van der Waals surface area contributed by atoms with E-state index in [0.717, 1.165) is 14.4 Å². The van der Waals surface area contributed by atoms with Gasteiger partial charge in [0, 0.05) is 11.8 Å². The van der Waals surface area contributed by atoms with Crippen LogP contribution in [-0.2, 0) is 0 Å². The molecule has 0 aliphatic rings. The van der Waals surface area contributed by atoms with Crippen LogP contribution in [0, 0.1) is 6.92 Å². The van der Waals surface area contributed by atoms with Crippen LogP contribution in [0.25, 0.3) is 0 Å². The molecule has 16 heavy (non-hydrogen) atoms. The fraction of sp³-hybridized carbons (Fsp3) is 0.200. The number of aromatic nitrogens is 3. The molecule has 0 spiro atoms. The van der Waals surface area contributed by atoms with Gasteiger partial charge in [0.15, 0.2) is 10.1 Å². The standard InChI is InChI=1S/C10H9N3OS2/c1-6(14)8-3-4-11-9(5-8)16-10-13-12-7(2)15-10/h3-5H,1-2H3. The van der Waals surface area contributed by atoms with Gasteiger partial charge in [-0.1, -0.05) is 11.3 Å². The average molecular weight is 251 g/mol. The van der Waals surface area contributed by atoms with Crippen molar-refractivity contribution < 1.29 is 4.79 Å². The fourth-order valence-electron chi connectivity index (χ4n) is 1.09. The first kappa shape index (κ1) is 11.2. The Kier molecular flexibility index (Phi) is 3.31. The van der Waals surface area contributed by atoms with Crippen molar-refractivity contribution in [3.8, 4) is 0 Å². The highest BCUT2D eigenvalue weighted by Gasteiger charge is 2.06. The quantitative estimate of drug-likeness (QED) is 0.785. The highest BCUT2D eigenvalue weighted by atomic mass is 32.2. The molecule has 0 aliphatic heterocycles. The minimum Gasteiger partial charge on any atom is -0.295 e. The number of nitrogens with zero attached hydrogens (tertiary/aromatic N) is 3. The summed E-state index contributed by atoms with van der Waals surface area (Å²) >= 11 is 2.93. The van der Waals surface area contributed by atoms with E-state index >= 15 is 0 Å². The largest absolute Gasteiger partial charge is 0.295 e. The fourth-order valence-corrected chi connectivity index (χ4v) is 2.85. The average Bonchev–Trinajstić information content (AvgIpc) is 2.64. The van der Waals surface area contributed by atoms with Crippen LogP contribution in [0.4, 0.5) is 0 Å². The molecular formula is C10H9N3OS2. The van der Waals surface area contributed by atoms with Gasteiger partial charge < -0.3 is 0 Å². The van der Waals surface area contributed by atoms with Crippen molar-refractivity contribution in [2.75, 3.05) is 0 Å². The number of ketones is 1. The maximum absolute atomic E-state index is 11.2. The monoisotopic (exact) mass is 251 g/mol. The van der Waals surface area contributed by atoms with E-state index in [1.54, 1.807) is 25.3 Å². The molecule has 0 fully saturated rings. The molecule has 6 heteroatoms. The predicted molar refractivity (Wildman–Crippen MR) is 63.0 cm³/mol. The third-order valence-electron chi connectivity index (χ3n) is 1.84. The predicted octanol–water partition coefficient (Wildman–Crippen LogP) is 2.60. The lowest BCUT2D eigenvalue weighted by atomic mass is 10.2. The third-order valence-corrected chi connectivity index (χ3v) is 3.66. The zero-order valence-corrected chi connectivity index (χ0v) is 10.4. The van der Waals surface area contributed by atoms with E-state index in [2.05, 4.69) is 15.2 Å². The number of rotatable bonds is 3. The van der Waals surface area contributed by atoms with Crippen LogP contribution in [0.5, 0.6) is 0 Å². The summed E-state index contributed by atoms with van der Waals surface area (Å²) in [4.78, 5) is 15.4. The molecule has 0 amide bonds.